The van der Waals surface area contributed by atoms with Crippen LogP contribution >= 0.6 is 11.3 Å². The van der Waals surface area contributed by atoms with E-state index in [-0.39, 0.29) is 6.10 Å². The Morgan fingerprint density at radius 2 is 2.41 bits per heavy atom. The number of hydrogen-bond acceptors (Lipinski definition) is 4. The second kappa shape index (κ2) is 4.60. The van der Waals surface area contributed by atoms with Crippen LogP contribution in [0.5, 0.6) is 0 Å². The normalized spacial score (nSPS) is 23.6. The second-order valence-corrected chi connectivity index (χ2v) is 5.40. The molecule has 0 amide bonds. The van der Waals surface area contributed by atoms with Crippen molar-refractivity contribution in [3.8, 4) is 10.6 Å². The third-order valence-corrected chi connectivity index (χ3v) is 4.07. The summed E-state index contributed by atoms with van der Waals surface area (Å²) in [6.45, 7) is 0.807. The monoisotopic (exact) mass is 249 g/mol. The fourth-order valence-corrected chi connectivity index (χ4v) is 2.84. The van der Waals surface area contributed by atoms with Gasteiger partial charge in [-0.2, -0.15) is 5.10 Å². The van der Waals surface area contributed by atoms with Crippen molar-refractivity contribution in [2.24, 2.45) is 0 Å². The van der Waals surface area contributed by atoms with E-state index < -0.39 is 0 Å². The van der Waals surface area contributed by atoms with Gasteiger partial charge >= 0.3 is 0 Å². The van der Waals surface area contributed by atoms with E-state index in [9.17, 15) is 5.11 Å². The summed E-state index contributed by atoms with van der Waals surface area (Å²) in [6, 6.07) is 4.59. The average Bonchev–Trinajstić information content (AvgIpc) is 2.92. The van der Waals surface area contributed by atoms with E-state index in [2.05, 4.69) is 27.0 Å². The Hall–Kier alpha value is -1.17. The molecular formula is C12H15N3OS. The average molecular weight is 249 g/mol. The number of hydrogen-bond donors (Lipinski definition) is 3. The Bertz CT molecular complexity index is 474. The standard InChI is InChI=1S/C12H15N3OS/c16-10-4-9(5-10)13-6-8-7-14-15-12(8)11-2-1-3-17-11/h1-3,7,9-10,13,16H,4-6H2,(H,14,15). The Morgan fingerprint density at radius 1 is 1.53 bits per heavy atom. The van der Waals surface area contributed by atoms with Gasteiger partial charge in [-0.3, -0.25) is 5.10 Å². The smallest absolute Gasteiger partial charge is 0.0794 e. The van der Waals surface area contributed by atoms with Crippen LogP contribution in [-0.4, -0.2) is 27.4 Å². The lowest BCUT2D eigenvalue weighted by atomic mass is 9.89. The Labute approximate surface area is 104 Å². The summed E-state index contributed by atoms with van der Waals surface area (Å²) in [4.78, 5) is 1.22. The van der Waals surface area contributed by atoms with Crippen molar-refractivity contribution in [1.29, 1.82) is 0 Å². The molecule has 0 aliphatic heterocycles. The molecule has 0 saturated heterocycles. The molecule has 1 aliphatic carbocycles. The molecule has 17 heavy (non-hydrogen) atoms. The van der Waals surface area contributed by atoms with Gasteiger partial charge in [0.15, 0.2) is 0 Å². The van der Waals surface area contributed by atoms with Crippen LogP contribution in [0.1, 0.15) is 18.4 Å². The molecule has 4 nitrogen and oxygen atoms in total. The lowest BCUT2D eigenvalue weighted by Gasteiger charge is -2.32. The van der Waals surface area contributed by atoms with Crippen LogP contribution in [0.4, 0.5) is 0 Å². The molecule has 5 heteroatoms. The Morgan fingerprint density at radius 3 is 3.12 bits per heavy atom. The number of aromatic amines is 1. The predicted octanol–water partition coefficient (Wildman–Crippen LogP) is 1.75. The van der Waals surface area contributed by atoms with E-state index in [0.29, 0.717) is 6.04 Å². The molecule has 2 heterocycles. The minimum atomic E-state index is -0.103. The maximum atomic E-state index is 9.22. The van der Waals surface area contributed by atoms with E-state index in [1.54, 1.807) is 11.3 Å². The third kappa shape index (κ3) is 2.26. The number of aromatic nitrogens is 2. The third-order valence-electron chi connectivity index (χ3n) is 3.18. The lowest BCUT2D eigenvalue weighted by molar-refractivity contribution is 0.0619. The molecule has 0 bridgehead atoms. The van der Waals surface area contributed by atoms with Crippen molar-refractivity contribution in [3.63, 3.8) is 0 Å². The maximum Gasteiger partial charge on any atom is 0.0794 e. The van der Waals surface area contributed by atoms with Gasteiger partial charge in [-0.05, 0) is 24.3 Å². The summed E-state index contributed by atoms with van der Waals surface area (Å²) >= 11 is 1.71. The number of rotatable bonds is 4. The molecule has 0 aromatic carbocycles. The van der Waals surface area contributed by atoms with Crippen LogP contribution in [0.15, 0.2) is 23.7 Å². The number of nitrogens with zero attached hydrogens (tertiary/aromatic N) is 1. The minimum absolute atomic E-state index is 0.103. The van der Waals surface area contributed by atoms with Gasteiger partial charge in [0, 0.05) is 18.2 Å². The van der Waals surface area contributed by atoms with Gasteiger partial charge in [0.05, 0.1) is 22.9 Å². The van der Waals surface area contributed by atoms with Gasteiger partial charge in [-0.25, -0.2) is 0 Å². The van der Waals surface area contributed by atoms with Crippen LogP contribution < -0.4 is 5.32 Å². The van der Waals surface area contributed by atoms with Gasteiger partial charge in [-0.1, -0.05) is 6.07 Å². The van der Waals surface area contributed by atoms with Crippen molar-refractivity contribution in [1.82, 2.24) is 15.5 Å². The highest BCUT2D eigenvalue weighted by atomic mass is 32.1. The van der Waals surface area contributed by atoms with Gasteiger partial charge in [0.1, 0.15) is 0 Å². The first-order chi connectivity index (χ1) is 8.33. The fraction of sp³-hybridized carbons (Fsp3) is 0.417. The number of thiophene rings is 1. The molecule has 0 unspecified atom stereocenters. The summed E-state index contributed by atoms with van der Waals surface area (Å²) in [6.07, 6.45) is 3.50. The molecule has 2 aromatic heterocycles. The van der Waals surface area contributed by atoms with E-state index in [0.717, 1.165) is 25.1 Å². The van der Waals surface area contributed by atoms with E-state index in [1.165, 1.54) is 10.4 Å². The van der Waals surface area contributed by atoms with Crippen molar-refractivity contribution < 1.29 is 5.11 Å². The topological polar surface area (TPSA) is 60.9 Å². The predicted molar refractivity (Wildman–Crippen MR) is 67.8 cm³/mol. The molecule has 90 valence electrons. The van der Waals surface area contributed by atoms with E-state index in [4.69, 9.17) is 0 Å². The molecule has 3 rings (SSSR count). The van der Waals surface area contributed by atoms with Crippen molar-refractivity contribution in [3.05, 3.63) is 29.3 Å². The van der Waals surface area contributed by atoms with E-state index >= 15 is 0 Å². The number of aliphatic hydroxyl groups is 1. The maximum absolute atomic E-state index is 9.22. The highest BCUT2D eigenvalue weighted by molar-refractivity contribution is 7.13. The van der Waals surface area contributed by atoms with Crippen molar-refractivity contribution in [2.45, 2.75) is 31.5 Å². The first kappa shape index (κ1) is 11.0. The summed E-state index contributed by atoms with van der Waals surface area (Å²) in [7, 11) is 0. The van der Waals surface area contributed by atoms with Crippen LogP contribution in [0.25, 0.3) is 10.6 Å². The number of nitrogens with one attached hydrogen (secondary N) is 2. The Kier molecular flexibility index (Phi) is 2.96. The van der Waals surface area contributed by atoms with Crippen molar-refractivity contribution >= 4 is 11.3 Å². The molecule has 1 aliphatic rings. The summed E-state index contributed by atoms with van der Waals surface area (Å²) in [5, 5.41) is 21.9. The fourth-order valence-electron chi connectivity index (χ4n) is 2.09. The molecule has 1 saturated carbocycles. The summed E-state index contributed by atoms with van der Waals surface area (Å²) < 4.78 is 0. The zero-order chi connectivity index (χ0) is 11.7. The summed E-state index contributed by atoms with van der Waals surface area (Å²) in [5.41, 5.74) is 2.29. The molecule has 2 aromatic rings. The number of H-pyrrole nitrogens is 1. The van der Waals surface area contributed by atoms with Crippen LogP contribution in [0.2, 0.25) is 0 Å². The van der Waals surface area contributed by atoms with E-state index in [1.807, 2.05) is 12.3 Å². The SMILES string of the molecule is OC1CC(NCc2cn[nH]c2-c2cccs2)C1. The summed E-state index contributed by atoms with van der Waals surface area (Å²) in [5.74, 6) is 0. The van der Waals surface area contributed by atoms with Crippen molar-refractivity contribution in [2.75, 3.05) is 0 Å². The zero-order valence-electron chi connectivity index (χ0n) is 9.39. The zero-order valence-corrected chi connectivity index (χ0v) is 10.2. The molecule has 1 fully saturated rings. The highest BCUT2D eigenvalue weighted by Crippen LogP contribution is 2.26. The van der Waals surface area contributed by atoms with Gasteiger partial charge in [-0.15, -0.1) is 11.3 Å². The quantitative estimate of drug-likeness (QED) is 0.773. The van der Waals surface area contributed by atoms with Gasteiger partial charge in [0.25, 0.3) is 0 Å². The van der Waals surface area contributed by atoms with Crippen LogP contribution in [0, 0.1) is 0 Å². The van der Waals surface area contributed by atoms with Gasteiger partial charge < -0.3 is 10.4 Å². The molecule has 0 radical (unpaired) electrons. The molecular weight excluding hydrogens is 234 g/mol. The number of aliphatic hydroxyl groups excluding tert-OH is 1. The lowest BCUT2D eigenvalue weighted by Crippen LogP contribution is -2.43. The first-order valence-corrected chi connectivity index (χ1v) is 6.68. The molecule has 3 N–H and O–H groups in total. The second-order valence-electron chi connectivity index (χ2n) is 4.45. The molecule has 0 spiro atoms. The first-order valence-electron chi connectivity index (χ1n) is 5.80. The largest absolute Gasteiger partial charge is 0.393 e. The Balaban J connectivity index is 1.65. The van der Waals surface area contributed by atoms with Gasteiger partial charge in [0.2, 0.25) is 0 Å². The van der Waals surface area contributed by atoms with Crippen LogP contribution in [-0.2, 0) is 6.54 Å². The highest BCUT2D eigenvalue weighted by Gasteiger charge is 2.26. The minimum Gasteiger partial charge on any atom is -0.393 e. The van der Waals surface area contributed by atoms with Crippen LogP contribution in [0.3, 0.4) is 0 Å². The molecule has 0 atom stereocenters.